The summed E-state index contributed by atoms with van der Waals surface area (Å²) in [6.07, 6.45) is 3.75. The molecule has 5 heterocycles. The second-order valence-electron chi connectivity index (χ2n) is 11.2. The summed E-state index contributed by atoms with van der Waals surface area (Å²) in [6.45, 7) is 4.61. The van der Waals surface area contributed by atoms with Gasteiger partial charge in [0, 0.05) is 43.2 Å². The lowest BCUT2D eigenvalue weighted by atomic mass is 9.95. The SMILES string of the molecule is Cc1cc(Oc2c(F)cccc2F)ncc1-n1ncc(C(=O)c2cc3c4c(ccc3[nH]2)CN(CC2OCCC2O)CC4)c1N. The monoisotopic (exact) mass is 600 g/mol. The minimum absolute atomic E-state index is 0.00809. The molecule has 0 saturated carbocycles. The summed E-state index contributed by atoms with van der Waals surface area (Å²) < 4.78 is 40.5. The zero-order valence-corrected chi connectivity index (χ0v) is 23.9. The number of para-hydroxylation sites is 1. The Morgan fingerprint density at radius 2 is 2.02 bits per heavy atom. The number of anilines is 1. The van der Waals surface area contributed by atoms with Crippen LogP contribution in [0.25, 0.3) is 16.6 Å². The standard InChI is InChI=1S/C32H30F2N6O4/c1-17-11-29(44-31-22(33)3-2-4-23(31)34)36-14-26(17)40-32(35)21(13-37-40)30(42)25-12-20-19-7-9-39(16-28-27(41)8-10-43-28)15-18(19)5-6-24(20)38-25/h2-6,11-14,27-28,38,41H,7-10,15-16,35H2,1H3. The van der Waals surface area contributed by atoms with Crippen LogP contribution < -0.4 is 10.5 Å². The van der Waals surface area contributed by atoms with Crippen molar-refractivity contribution in [3.63, 3.8) is 0 Å². The van der Waals surface area contributed by atoms with E-state index in [1.807, 2.05) is 12.1 Å². The first kappa shape index (κ1) is 28.1. The van der Waals surface area contributed by atoms with Gasteiger partial charge in [0.25, 0.3) is 0 Å². The van der Waals surface area contributed by atoms with Crippen LogP contribution in [0.15, 0.2) is 54.9 Å². The van der Waals surface area contributed by atoms with E-state index in [2.05, 4.69) is 26.0 Å². The van der Waals surface area contributed by atoms with Gasteiger partial charge < -0.3 is 25.3 Å². The minimum atomic E-state index is -0.845. The lowest BCUT2D eigenvalue weighted by molar-refractivity contribution is 0.0136. The fraction of sp³-hybridized carbons (Fsp3) is 0.281. The molecule has 1 saturated heterocycles. The molecular formula is C32H30F2N6O4. The summed E-state index contributed by atoms with van der Waals surface area (Å²) in [5.74, 6) is -2.42. The number of ketones is 1. The molecule has 10 nitrogen and oxygen atoms in total. The number of pyridine rings is 1. The van der Waals surface area contributed by atoms with Gasteiger partial charge in [0.2, 0.25) is 17.4 Å². The maximum Gasteiger partial charge on any atom is 0.219 e. The minimum Gasteiger partial charge on any atom is -0.433 e. The number of carbonyl (C=O) groups is 1. The van der Waals surface area contributed by atoms with Crippen molar-refractivity contribution in [3.8, 4) is 17.3 Å². The van der Waals surface area contributed by atoms with E-state index in [1.165, 1.54) is 40.3 Å². The Morgan fingerprint density at radius 1 is 1.20 bits per heavy atom. The van der Waals surface area contributed by atoms with Gasteiger partial charge in [0.05, 0.1) is 41.5 Å². The van der Waals surface area contributed by atoms with Crippen molar-refractivity contribution in [2.24, 2.45) is 0 Å². The molecule has 0 spiro atoms. The van der Waals surface area contributed by atoms with Gasteiger partial charge >= 0.3 is 0 Å². The molecule has 4 N–H and O–H groups in total. The Bertz CT molecular complexity index is 1880. The van der Waals surface area contributed by atoms with Gasteiger partial charge in [-0.05, 0) is 60.7 Å². The fourth-order valence-corrected chi connectivity index (χ4v) is 6.04. The molecule has 226 valence electrons. The zero-order chi connectivity index (χ0) is 30.5. The molecule has 1 fully saturated rings. The van der Waals surface area contributed by atoms with Gasteiger partial charge in [-0.1, -0.05) is 12.1 Å². The van der Waals surface area contributed by atoms with E-state index < -0.39 is 23.5 Å². The molecule has 0 aliphatic carbocycles. The summed E-state index contributed by atoms with van der Waals surface area (Å²) >= 11 is 0. The molecule has 2 aliphatic rings. The van der Waals surface area contributed by atoms with E-state index in [4.69, 9.17) is 15.2 Å². The summed E-state index contributed by atoms with van der Waals surface area (Å²) in [4.78, 5) is 23.3. The van der Waals surface area contributed by atoms with Crippen LogP contribution in [0.5, 0.6) is 11.6 Å². The number of benzene rings is 2. The number of nitrogen functional groups attached to an aromatic ring is 1. The summed E-state index contributed by atoms with van der Waals surface area (Å²) in [5.41, 5.74) is 11.4. The number of nitrogens with one attached hydrogen (secondary N) is 1. The van der Waals surface area contributed by atoms with Crippen LogP contribution in [0, 0.1) is 18.6 Å². The third-order valence-electron chi connectivity index (χ3n) is 8.40. The van der Waals surface area contributed by atoms with Gasteiger partial charge in [0.1, 0.15) is 5.82 Å². The van der Waals surface area contributed by atoms with E-state index >= 15 is 0 Å². The van der Waals surface area contributed by atoms with E-state index in [0.29, 0.717) is 36.5 Å². The zero-order valence-electron chi connectivity index (χ0n) is 23.9. The van der Waals surface area contributed by atoms with Gasteiger partial charge in [-0.25, -0.2) is 18.4 Å². The number of H-pyrrole nitrogens is 1. The predicted molar refractivity (Wildman–Crippen MR) is 158 cm³/mol. The van der Waals surface area contributed by atoms with Crippen LogP contribution in [0.3, 0.4) is 0 Å². The number of carbonyl (C=O) groups excluding carboxylic acids is 1. The summed E-state index contributed by atoms with van der Waals surface area (Å²) in [6, 6.07) is 10.9. The number of aromatic amines is 1. The Hall–Kier alpha value is -4.65. The number of hydrogen-bond acceptors (Lipinski definition) is 8. The molecule has 2 unspecified atom stereocenters. The molecule has 44 heavy (non-hydrogen) atoms. The fourth-order valence-electron chi connectivity index (χ4n) is 6.04. The molecule has 2 aliphatic heterocycles. The Kier molecular flexibility index (Phi) is 7.11. The summed E-state index contributed by atoms with van der Waals surface area (Å²) in [7, 11) is 0. The second-order valence-corrected chi connectivity index (χ2v) is 11.2. The number of aromatic nitrogens is 4. The van der Waals surface area contributed by atoms with Gasteiger partial charge in [-0.15, -0.1) is 0 Å². The van der Waals surface area contributed by atoms with E-state index in [1.54, 1.807) is 6.92 Å². The highest BCUT2D eigenvalue weighted by Crippen LogP contribution is 2.32. The number of aliphatic hydroxyl groups excluding tert-OH is 1. The number of rotatable bonds is 7. The lowest BCUT2D eigenvalue weighted by Crippen LogP contribution is -2.40. The quantitative estimate of drug-likeness (QED) is 0.234. The van der Waals surface area contributed by atoms with Crippen LogP contribution in [-0.4, -0.2) is 67.4 Å². The molecule has 7 rings (SSSR count). The van der Waals surface area contributed by atoms with Crippen molar-refractivity contribution in [1.29, 1.82) is 0 Å². The average Bonchev–Trinajstić information content (AvgIpc) is 3.73. The number of fused-ring (bicyclic) bond motifs is 3. The highest BCUT2D eigenvalue weighted by molar-refractivity contribution is 6.12. The molecule has 5 aromatic rings. The van der Waals surface area contributed by atoms with Crippen molar-refractivity contribution in [2.75, 3.05) is 25.4 Å². The number of aryl methyl sites for hydroxylation is 1. The van der Waals surface area contributed by atoms with Crippen molar-refractivity contribution in [2.45, 2.75) is 38.5 Å². The Labute approximate surface area is 251 Å². The van der Waals surface area contributed by atoms with Crippen LogP contribution in [0.1, 0.15) is 39.2 Å². The topological polar surface area (TPSA) is 132 Å². The largest absolute Gasteiger partial charge is 0.433 e. The second kappa shape index (κ2) is 11.1. The van der Waals surface area contributed by atoms with Crippen molar-refractivity contribution in [1.82, 2.24) is 24.6 Å². The molecule has 0 amide bonds. The smallest absolute Gasteiger partial charge is 0.219 e. The molecule has 3 aromatic heterocycles. The number of aliphatic hydroxyl groups is 1. The third kappa shape index (κ3) is 5.00. The Balaban J connectivity index is 1.11. The van der Waals surface area contributed by atoms with Gasteiger partial charge in [-0.3, -0.25) is 9.69 Å². The first-order valence-corrected chi connectivity index (χ1v) is 14.4. The van der Waals surface area contributed by atoms with Gasteiger partial charge in [-0.2, -0.15) is 5.10 Å². The maximum atomic E-state index is 14.0. The Morgan fingerprint density at radius 3 is 2.77 bits per heavy atom. The van der Waals surface area contributed by atoms with Crippen molar-refractivity contribution < 1.29 is 28.2 Å². The maximum absolute atomic E-state index is 14.0. The van der Waals surface area contributed by atoms with E-state index in [9.17, 15) is 18.7 Å². The number of halogens is 2. The summed E-state index contributed by atoms with van der Waals surface area (Å²) in [5, 5.41) is 15.5. The lowest BCUT2D eigenvalue weighted by Gasteiger charge is -2.31. The number of nitrogens with zero attached hydrogens (tertiary/aromatic N) is 4. The van der Waals surface area contributed by atoms with Crippen LogP contribution in [-0.2, 0) is 17.7 Å². The van der Waals surface area contributed by atoms with Crippen LogP contribution >= 0.6 is 0 Å². The molecule has 2 atom stereocenters. The third-order valence-corrected chi connectivity index (χ3v) is 8.40. The highest BCUT2D eigenvalue weighted by atomic mass is 19.1. The number of hydrogen-bond donors (Lipinski definition) is 3. The normalized spacial score (nSPS) is 18.5. The van der Waals surface area contributed by atoms with Crippen molar-refractivity contribution in [3.05, 3.63) is 94.4 Å². The number of nitrogens with two attached hydrogens (primary N) is 1. The van der Waals surface area contributed by atoms with Crippen molar-refractivity contribution >= 4 is 22.5 Å². The predicted octanol–water partition coefficient (Wildman–Crippen LogP) is 4.45. The molecular weight excluding hydrogens is 570 g/mol. The highest BCUT2D eigenvalue weighted by Gasteiger charge is 2.30. The van der Waals surface area contributed by atoms with E-state index in [0.717, 1.165) is 42.5 Å². The van der Waals surface area contributed by atoms with E-state index in [-0.39, 0.29) is 29.1 Å². The molecule has 2 aromatic carbocycles. The van der Waals surface area contributed by atoms with Crippen LogP contribution in [0.2, 0.25) is 0 Å². The molecule has 0 radical (unpaired) electrons. The molecule has 12 heteroatoms. The van der Waals surface area contributed by atoms with Gasteiger partial charge in [0.15, 0.2) is 11.6 Å². The number of ether oxygens (including phenoxy) is 2. The first-order valence-electron chi connectivity index (χ1n) is 14.4. The average molecular weight is 601 g/mol. The first-order chi connectivity index (χ1) is 21.3. The van der Waals surface area contributed by atoms with Crippen LogP contribution in [0.4, 0.5) is 14.6 Å². The molecule has 0 bridgehead atoms.